The lowest BCUT2D eigenvalue weighted by atomic mass is 9.94. The molecule has 26 heavy (non-hydrogen) atoms. The van der Waals surface area contributed by atoms with Gasteiger partial charge in [-0.2, -0.15) is 0 Å². The molecule has 1 saturated carbocycles. The number of benzene rings is 2. The highest BCUT2D eigenvalue weighted by atomic mass is 16.3. The summed E-state index contributed by atoms with van der Waals surface area (Å²) < 4.78 is 0. The Bertz CT molecular complexity index is 903. The van der Waals surface area contributed by atoms with Gasteiger partial charge in [0, 0.05) is 18.0 Å². The highest BCUT2D eigenvalue weighted by Gasteiger charge is 2.24. The lowest BCUT2D eigenvalue weighted by molar-refractivity contribution is 0.417. The van der Waals surface area contributed by atoms with Crippen molar-refractivity contribution in [3.63, 3.8) is 0 Å². The zero-order valence-electron chi connectivity index (χ0n) is 15.2. The molecule has 0 aliphatic heterocycles. The van der Waals surface area contributed by atoms with Gasteiger partial charge in [-0.05, 0) is 44.0 Å². The fraction of sp³-hybridized carbons (Fsp3) is 0.364. The molecule has 0 spiro atoms. The van der Waals surface area contributed by atoms with Crippen LogP contribution in [0.1, 0.15) is 39.0 Å². The maximum absolute atomic E-state index is 10.3. The second kappa shape index (κ2) is 7.32. The number of hydrogen-bond acceptors (Lipinski definition) is 4. The van der Waals surface area contributed by atoms with Gasteiger partial charge >= 0.3 is 0 Å². The van der Waals surface area contributed by atoms with Crippen molar-refractivity contribution < 1.29 is 5.11 Å². The summed E-state index contributed by atoms with van der Waals surface area (Å²) in [5.74, 6) is 1.80. The van der Waals surface area contributed by atoms with Crippen molar-refractivity contribution in [1.82, 2.24) is 9.97 Å². The number of hydrogen-bond donors (Lipinski definition) is 1. The molecule has 1 fully saturated rings. The fourth-order valence-electron chi connectivity index (χ4n) is 4.04. The number of anilines is 1. The molecule has 3 aromatic rings. The molecule has 0 saturated heterocycles. The largest absolute Gasteiger partial charge is 0.507 e. The van der Waals surface area contributed by atoms with Crippen LogP contribution in [-0.2, 0) is 0 Å². The molecular weight excluding hydrogens is 322 g/mol. The first-order chi connectivity index (χ1) is 12.8. The summed E-state index contributed by atoms with van der Waals surface area (Å²) in [5, 5.41) is 11.4. The summed E-state index contributed by atoms with van der Waals surface area (Å²) in [6.07, 6.45) is 6.35. The van der Waals surface area contributed by atoms with Crippen molar-refractivity contribution >= 4 is 16.7 Å². The SMILES string of the molecule is CCN(c1nc(-c2ccccc2O)nc2ccccc12)C1CCCCC1. The molecule has 0 atom stereocenters. The average Bonchev–Trinajstić information content (AvgIpc) is 2.69. The Labute approximate surface area is 154 Å². The van der Waals surface area contributed by atoms with Crippen LogP contribution in [0.25, 0.3) is 22.3 Å². The Morgan fingerprint density at radius 3 is 2.46 bits per heavy atom. The van der Waals surface area contributed by atoms with Crippen LogP contribution in [0.4, 0.5) is 5.82 Å². The van der Waals surface area contributed by atoms with Crippen molar-refractivity contribution in [3.8, 4) is 17.1 Å². The first-order valence-electron chi connectivity index (χ1n) is 9.59. The van der Waals surface area contributed by atoms with Gasteiger partial charge in [0.05, 0.1) is 11.1 Å². The quantitative estimate of drug-likeness (QED) is 0.708. The molecule has 1 heterocycles. The van der Waals surface area contributed by atoms with Gasteiger partial charge in [0.1, 0.15) is 11.6 Å². The predicted molar refractivity (Wildman–Crippen MR) is 107 cm³/mol. The number of aromatic nitrogens is 2. The number of phenolic OH excluding ortho intramolecular Hbond substituents is 1. The summed E-state index contributed by atoms with van der Waals surface area (Å²) >= 11 is 0. The number of fused-ring (bicyclic) bond motifs is 1. The standard InChI is InChI=1S/C22H25N3O/c1-2-25(16-10-4-3-5-11-16)22-17-12-6-8-14-19(17)23-21(24-22)18-13-7-9-15-20(18)26/h6-9,12-16,26H,2-5,10-11H2,1H3. The van der Waals surface area contributed by atoms with E-state index in [2.05, 4.69) is 17.9 Å². The Morgan fingerprint density at radius 2 is 1.69 bits per heavy atom. The fourth-order valence-corrected chi connectivity index (χ4v) is 4.04. The first-order valence-corrected chi connectivity index (χ1v) is 9.59. The van der Waals surface area contributed by atoms with Gasteiger partial charge < -0.3 is 10.0 Å². The summed E-state index contributed by atoms with van der Waals surface area (Å²) in [4.78, 5) is 12.1. The summed E-state index contributed by atoms with van der Waals surface area (Å²) in [5.41, 5.74) is 1.60. The minimum absolute atomic E-state index is 0.217. The van der Waals surface area contributed by atoms with Crippen LogP contribution in [-0.4, -0.2) is 27.7 Å². The molecule has 1 aliphatic rings. The van der Waals surface area contributed by atoms with Gasteiger partial charge in [0.25, 0.3) is 0 Å². The van der Waals surface area contributed by atoms with E-state index in [9.17, 15) is 5.11 Å². The monoisotopic (exact) mass is 347 g/mol. The molecule has 4 rings (SSSR count). The Kier molecular flexibility index (Phi) is 4.74. The van der Waals surface area contributed by atoms with Crippen molar-refractivity contribution in [2.75, 3.05) is 11.4 Å². The van der Waals surface area contributed by atoms with E-state index in [0.29, 0.717) is 17.4 Å². The summed E-state index contributed by atoms with van der Waals surface area (Å²) in [6.45, 7) is 3.12. The molecule has 2 aromatic carbocycles. The van der Waals surface area contributed by atoms with E-state index in [-0.39, 0.29) is 5.75 Å². The van der Waals surface area contributed by atoms with E-state index >= 15 is 0 Å². The topological polar surface area (TPSA) is 49.2 Å². The highest BCUT2D eigenvalue weighted by Crippen LogP contribution is 2.34. The van der Waals surface area contributed by atoms with Gasteiger partial charge in [-0.3, -0.25) is 0 Å². The van der Waals surface area contributed by atoms with Crippen LogP contribution >= 0.6 is 0 Å². The van der Waals surface area contributed by atoms with Crippen molar-refractivity contribution in [1.29, 1.82) is 0 Å². The Hall–Kier alpha value is -2.62. The van der Waals surface area contributed by atoms with Gasteiger partial charge in [-0.25, -0.2) is 9.97 Å². The van der Waals surface area contributed by atoms with Gasteiger partial charge in [-0.15, -0.1) is 0 Å². The number of phenols is 1. The molecule has 1 aromatic heterocycles. The first kappa shape index (κ1) is 16.8. The normalized spacial score (nSPS) is 15.3. The lowest BCUT2D eigenvalue weighted by Crippen LogP contribution is -2.37. The van der Waals surface area contributed by atoms with Gasteiger partial charge in [0.2, 0.25) is 0 Å². The highest BCUT2D eigenvalue weighted by molar-refractivity contribution is 5.91. The van der Waals surface area contributed by atoms with Crippen molar-refractivity contribution in [3.05, 3.63) is 48.5 Å². The summed E-state index contributed by atoms with van der Waals surface area (Å²) in [6, 6.07) is 16.0. The van der Waals surface area contributed by atoms with E-state index in [1.54, 1.807) is 6.07 Å². The molecule has 0 radical (unpaired) electrons. The van der Waals surface area contributed by atoms with Gasteiger partial charge in [-0.1, -0.05) is 43.5 Å². The molecule has 4 nitrogen and oxygen atoms in total. The second-order valence-corrected chi connectivity index (χ2v) is 6.98. The lowest BCUT2D eigenvalue weighted by Gasteiger charge is -2.35. The minimum Gasteiger partial charge on any atom is -0.507 e. The zero-order valence-corrected chi connectivity index (χ0v) is 15.2. The van der Waals surface area contributed by atoms with E-state index < -0.39 is 0 Å². The Balaban J connectivity index is 1.88. The maximum Gasteiger partial charge on any atom is 0.165 e. The molecule has 134 valence electrons. The van der Waals surface area contributed by atoms with Crippen LogP contribution < -0.4 is 4.90 Å². The molecule has 1 aliphatic carbocycles. The van der Waals surface area contributed by atoms with Crippen LogP contribution in [0.15, 0.2) is 48.5 Å². The van der Waals surface area contributed by atoms with Crippen molar-refractivity contribution in [2.45, 2.75) is 45.1 Å². The number of rotatable bonds is 4. The molecule has 4 heteroatoms. The van der Waals surface area contributed by atoms with Crippen LogP contribution in [0.3, 0.4) is 0 Å². The van der Waals surface area contributed by atoms with E-state index in [1.807, 2.05) is 36.4 Å². The van der Waals surface area contributed by atoms with Crippen LogP contribution in [0.2, 0.25) is 0 Å². The smallest absolute Gasteiger partial charge is 0.165 e. The number of nitrogens with zero attached hydrogens (tertiary/aromatic N) is 3. The third-order valence-corrected chi connectivity index (χ3v) is 5.36. The second-order valence-electron chi connectivity index (χ2n) is 6.98. The van der Waals surface area contributed by atoms with Crippen LogP contribution in [0.5, 0.6) is 5.75 Å². The van der Waals surface area contributed by atoms with E-state index in [1.165, 1.54) is 32.1 Å². The number of para-hydroxylation sites is 2. The summed E-state index contributed by atoms with van der Waals surface area (Å²) in [7, 11) is 0. The average molecular weight is 347 g/mol. The minimum atomic E-state index is 0.217. The third-order valence-electron chi connectivity index (χ3n) is 5.36. The molecule has 1 N–H and O–H groups in total. The van der Waals surface area contributed by atoms with E-state index in [0.717, 1.165) is 23.3 Å². The molecule has 0 unspecified atom stereocenters. The van der Waals surface area contributed by atoms with Crippen LogP contribution in [0, 0.1) is 0 Å². The van der Waals surface area contributed by atoms with Gasteiger partial charge in [0.15, 0.2) is 5.82 Å². The molecule has 0 amide bonds. The predicted octanol–water partition coefficient (Wildman–Crippen LogP) is 5.16. The maximum atomic E-state index is 10.3. The Morgan fingerprint density at radius 1 is 0.962 bits per heavy atom. The molecular formula is C22H25N3O. The van der Waals surface area contributed by atoms with Crippen molar-refractivity contribution in [2.24, 2.45) is 0 Å². The van der Waals surface area contributed by atoms with E-state index in [4.69, 9.17) is 9.97 Å². The molecule has 0 bridgehead atoms. The number of aromatic hydroxyl groups is 1. The zero-order chi connectivity index (χ0) is 17.9. The third kappa shape index (κ3) is 3.12.